The molecule has 0 amide bonds. The first-order valence-electron chi connectivity index (χ1n) is 6.64. The van der Waals surface area contributed by atoms with Gasteiger partial charge in [0, 0.05) is 18.9 Å². The highest BCUT2D eigenvalue weighted by Gasteiger charge is 2.20. The zero-order chi connectivity index (χ0) is 13.7. The molecule has 1 aromatic heterocycles. The van der Waals surface area contributed by atoms with Gasteiger partial charge in [-0.3, -0.25) is 4.98 Å². The molecule has 1 saturated heterocycles. The molecule has 6 heteroatoms. The van der Waals surface area contributed by atoms with Crippen LogP contribution in [0.2, 0.25) is 0 Å². The highest BCUT2D eigenvalue weighted by molar-refractivity contribution is 7.89. The molecule has 1 fully saturated rings. The number of sulfonamides is 1. The minimum atomic E-state index is -3.20. The van der Waals surface area contributed by atoms with Crippen molar-refractivity contribution in [1.29, 1.82) is 0 Å². The Morgan fingerprint density at radius 3 is 2.84 bits per heavy atom. The quantitative estimate of drug-likeness (QED) is 0.839. The van der Waals surface area contributed by atoms with Crippen molar-refractivity contribution in [3.05, 3.63) is 29.6 Å². The first kappa shape index (κ1) is 14.4. The Labute approximate surface area is 114 Å². The van der Waals surface area contributed by atoms with E-state index in [1.165, 1.54) is 0 Å². The average molecular weight is 283 g/mol. The smallest absolute Gasteiger partial charge is 0.212 e. The van der Waals surface area contributed by atoms with Crippen LogP contribution >= 0.6 is 0 Å². The molecule has 1 aromatic rings. The van der Waals surface area contributed by atoms with Crippen LogP contribution in [0.15, 0.2) is 18.5 Å². The Kier molecular flexibility index (Phi) is 4.90. The third kappa shape index (κ3) is 4.56. The highest BCUT2D eigenvalue weighted by Crippen LogP contribution is 2.14. The maximum atomic E-state index is 12.0. The van der Waals surface area contributed by atoms with Crippen LogP contribution in [0.25, 0.3) is 0 Å². The second kappa shape index (κ2) is 6.45. The summed E-state index contributed by atoms with van der Waals surface area (Å²) < 4.78 is 26.7. The Hall–Kier alpha value is -0.980. The minimum absolute atomic E-state index is 0.230. The SMILES string of the molecule is Cc1ccncc1CNS(=O)(=O)CC1CCNCC1. The molecule has 0 aliphatic carbocycles. The molecule has 0 radical (unpaired) electrons. The molecule has 0 saturated carbocycles. The topological polar surface area (TPSA) is 71.1 Å². The predicted octanol–water partition coefficient (Wildman–Crippen LogP) is 0.809. The van der Waals surface area contributed by atoms with E-state index in [0.29, 0.717) is 6.54 Å². The maximum absolute atomic E-state index is 12.0. The third-order valence-corrected chi connectivity index (χ3v) is 5.04. The van der Waals surface area contributed by atoms with Gasteiger partial charge in [-0.25, -0.2) is 13.1 Å². The Morgan fingerprint density at radius 1 is 1.42 bits per heavy atom. The predicted molar refractivity (Wildman–Crippen MR) is 75.2 cm³/mol. The number of hydrogen-bond acceptors (Lipinski definition) is 4. The molecule has 2 N–H and O–H groups in total. The molecule has 2 heterocycles. The lowest BCUT2D eigenvalue weighted by molar-refractivity contribution is 0.400. The van der Waals surface area contributed by atoms with E-state index in [-0.39, 0.29) is 11.7 Å². The summed E-state index contributed by atoms with van der Waals surface area (Å²) in [7, 11) is -3.20. The van der Waals surface area contributed by atoms with E-state index in [1.807, 2.05) is 13.0 Å². The van der Waals surface area contributed by atoms with Crippen molar-refractivity contribution in [2.45, 2.75) is 26.3 Å². The van der Waals surface area contributed by atoms with E-state index >= 15 is 0 Å². The fraction of sp³-hybridized carbons (Fsp3) is 0.615. The summed E-state index contributed by atoms with van der Waals surface area (Å²) in [5.74, 6) is 0.502. The van der Waals surface area contributed by atoms with Crippen molar-refractivity contribution >= 4 is 10.0 Å². The lowest BCUT2D eigenvalue weighted by Gasteiger charge is -2.22. The molecule has 2 rings (SSSR count). The normalized spacial score (nSPS) is 17.5. The fourth-order valence-corrected chi connectivity index (χ4v) is 3.73. The van der Waals surface area contributed by atoms with Crippen LogP contribution in [0.1, 0.15) is 24.0 Å². The molecule has 19 heavy (non-hydrogen) atoms. The van der Waals surface area contributed by atoms with Crippen LogP contribution in [-0.4, -0.2) is 32.2 Å². The van der Waals surface area contributed by atoms with Crippen molar-refractivity contribution in [2.24, 2.45) is 5.92 Å². The standard InChI is InChI=1S/C13H21N3O2S/c1-11-2-5-15-8-13(11)9-16-19(17,18)10-12-3-6-14-7-4-12/h2,5,8,12,14,16H,3-4,6-7,9-10H2,1H3. The van der Waals surface area contributed by atoms with Gasteiger partial charge in [-0.1, -0.05) is 0 Å². The van der Waals surface area contributed by atoms with Crippen LogP contribution in [0.3, 0.4) is 0 Å². The summed E-state index contributed by atoms with van der Waals surface area (Å²) in [5, 5.41) is 3.24. The van der Waals surface area contributed by atoms with Crippen molar-refractivity contribution in [3.8, 4) is 0 Å². The molecular weight excluding hydrogens is 262 g/mol. The number of rotatable bonds is 5. The van der Waals surface area contributed by atoms with Gasteiger partial charge in [0.05, 0.1) is 5.75 Å². The van der Waals surface area contributed by atoms with E-state index in [4.69, 9.17) is 0 Å². The van der Waals surface area contributed by atoms with E-state index < -0.39 is 10.0 Å². The highest BCUT2D eigenvalue weighted by atomic mass is 32.2. The summed E-state index contributed by atoms with van der Waals surface area (Å²) in [4.78, 5) is 4.02. The summed E-state index contributed by atoms with van der Waals surface area (Å²) in [5.41, 5.74) is 1.98. The molecule has 1 aliphatic rings. The second-order valence-corrected chi connectivity index (χ2v) is 6.95. The number of piperidine rings is 1. The average Bonchev–Trinajstić information content (AvgIpc) is 2.38. The fourth-order valence-electron chi connectivity index (χ4n) is 2.29. The van der Waals surface area contributed by atoms with Gasteiger partial charge in [0.15, 0.2) is 0 Å². The molecule has 5 nitrogen and oxygen atoms in total. The van der Waals surface area contributed by atoms with Crippen molar-refractivity contribution in [3.63, 3.8) is 0 Å². The van der Waals surface area contributed by atoms with E-state index in [0.717, 1.165) is 37.1 Å². The Morgan fingerprint density at radius 2 is 2.16 bits per heavy atom. The van der Waals surface area contributed by atoms with Crippen LogP contribution in [-0.2, 0) is 16.6 Å². The van der Waals surface area contributed by atoms with Gasteiger partial charge >= 0.3 is 0 Å². The van der Waals surface area contributed by atoms with Gasteiger partial charge in [0.2, 0.25) is 10.0 Å². The van der Waals surface area contributed by atoms with Crippen LogP contribution in [0.4, 0.5) is 0 Å². The third-order valence-electron chi connectivity index (χ3n) is 3.54. The molecule has 0 bridgehead atoms. The molecule has 0 aromatic carbocycles. The zero-order valence-electron chi connectivity index (χ0n) is 11.2. The van der Waals surface area contributed by atoms with E-state index in [9.17, 15) is 8.42 Å². The summed E-state index contributed by atoms with van der Waals surface area (Å²) in [6.07, 6.45) is 5.30. The van der Waals surface area contributed by atoms with Crippen molar-refractivity contribution < 1.29 is 8.42 Å². The van der Waals surface area contributed by atoms with E-state index in [1.54, 1.807) is 12.4 Å². The number of nitrogens with zero attached hydrogens (tertiary/aromatic N) is 1. The van der Waals surface area contributed by atoms with Gasteiger partial charge in [0.25, 0.3) is 0 Å². The zero-order valence-corrected chi connectivity index (χ0v) is 12.0. The summed E-state index contributed by atoms with van der Waals surface area (Å²) >= 11 is 0. The molecule has 106 valence electrons. The molecule has 1 aliphatic heterocycles. The Bertz CT molecular complexity index is 510. The number of aryl methyl sites for hydroxylation is 1. The lowest BCUT2D eigenvalue weighted by atomic mass is 10.0. The number of pyridine rings is 1. The molecule has 0 spiro atoms. The number of hydrogen-bond donors (Lipinski definition) is 2. The van der Waals surface area contributed by atoms with Gasteiger partial charge in [-0.15, -0.1) is 0 Å². The Balaban J connectivity index is 1.88. The van der Waals surface area contributed by atoms with Crippen molar-refractivity contribution in [1.82, 2.24) is 15.0 Å². The minimum Gasteiger partial charge on any atom is -0.317 e. The van der Waals surface area contributed by atoms with E-state index in [2.05, 4.69) is 15.0 Å². The first-order valence-corrected chi connectivity index (χ1v) is 8.29. The van der Waals surface area contributed by atoms with Crippen LogP contribution in [0.5, 0.6) is 0 Å². The largest absolute Gasteiger partial charge is 0.317 e. The van der Waals surface area contributed by atoms with Gasteiger partial charge in [-0.05, 0) is 56.0 Å². The summed E-state index contributed by atoms with van der Waals surface area (Å²) in [6, 6.07) is 1.89. The second-order valence-electron chi connectivity index (χ2n) is 5.10. The first-order chi connectivity index (χ1) is 9.07. The number of nitrogens with one attached hydrogen (secondary N) is 2. The van der Waals surface area contributed by atoms with Gasteiger partial charge < -0.3 is 5.32 Å². The molecular formula is C13H21N3O2S. The maximum Gasteiger partial charge on any atom is 0.212 e. The van der Waals surface area contributed by atoms with Crippen LogP contribution < -0.4 is 10.0 Å². The summed E-state index contributed by atoms with van der Waals surface area (Å²) in [6.45, 7) is 4.12. The number of aromatic nitrogens is 1. The van der Waals surface area contributed by atoms with Gasteiger partial charge in [0.1, 0.15) is 0 Å². The van der Waals surface area contributed by atoms with Crippen molar-refractivity contribution in [2.75, 3.05) is 18.8 Å². The monoisotopic (exact) mass is 283 g/mol. The molecule has 0 atom stereocenters. The lowest BCUT2D eigenvalue weighted by Crippen LogP contribution is -2.35. The van der Waals surface area contributed by atoms with Crippen LogP contribution in [0, 0.1) is 12.8 Å². The van der Waals surface area contributed by atoms with Gasteiger partial charge in [-0.2, -0.15) is 0 Å². The molecule has 0 unspecified atom stereocenters.